The zero-order chi connectivity index (χ0) is 18.6. The molecule has 1 aliphatic heterocycles. The number of carbonyl (C=O) groups is 2. The van der Waals surface area contributed by atoms with Crippen LogP contribution in [0.3, 0.4) is 0 Å². The Morgan fingerprint density at radius 2 is 2.15 bits per heavy atom. The van der Waals surface area contributed by atoms with Crippen molar-refractivity contribution in [1.29, 1.82) is 0 Å². The lowest BCUT2D eigenvalue weighted by Gasteiger charge is -2.34. The fourth-order valence-corrected chi connectivity index (χ4v) is 4.09. The van der Waals surface area contributed by atoms with Crippen molar-refractivity contribution in [2.24, 2.45) is 0 Å². The van der Waals surface area contributed by atoms with Gasteiger partial charge in [0.15, 0.2) is 5.58 Å². The maximum absolute atomic E-state index is 12.9. The van der Waals surface area contributed by atoms with Crippen molar-refractivity contribution in [2.75, 3.05) is 18.4 Å². The normalized spacial score (nSPS) is 17.2. The van der Waals surface area contributed by atoms with Crippen molar-refractivity contribution in [3.05, 3.63) is 52.1 Å². The van der Waals surface area contributed by atoms with Gasteiger partial charge < -0.3 is 14.7 Å². The number of hydrogen-bond acceptors (Lipinski definition) is 5. The van der Waals surface area contributed by atoms with E-state index in [2.05, 4.69) is 31.4 Å². The molecule has 0 radical (unpaired) electrons. The molecule has 1 N–H and O–H groups in total. The van der Waals surface area contributed by atoms with Crippen molar-refractivity contribution in [1.82, 2.24) is 15.0 Å². The Morgan fingerprint density at radius 1 is 1.30 bits per heavy atom. The third-order valence-electron chi connectivity index (χ3n) is 5.23. The fourth-order valence-electron chi connectivity index (χ4n) is 3.73. The summed E-state index contributed by atoms with van der Waals surface area (Å²) in [5.74, 6) is 0.0289. The fraction of sp³-hybridized carbons (Fsp3) is 0.263. The number of nitrogens with zero attached hydrogens (tertiary/aromatic N) is 3. The Morgan fingerprint density at radius 3 is 2.96 bits per heavy atom. The number of nitrogens with one attached hydrogen (secondary N) is 1. The van der Waals surface area contributed by atoms with Crippen molar-refractivity contribution < 1.29 is 14.1 Å². The van der Waals surface area contributed by atoms with Crippen LogP contribution < -0.4 is 5.32 Å². The molecule has 136 valence electrons. The van der Waals surface area contributed by atoms with E-state index in [9.17, 15) is 9.59 Å². The molecule has 1 fully saturated rings. The minimum atomic E-state index is -0.275. The van der Waals surface area contributed by atoms with Crippen LogP contribution in [0, 0.1) is 0 Å². The summed E-state index contributed by atoms with van der Waals surface area (Å²) in [6.07, 6.45) is 3.56. The Hall–Kier alpha value is -2.74. The molecule has 3 heterocycles. The third-order valence-corrected chi connectivity index (χ3v) is 5.72. The summed E-state index contributed by atoms with van der Waals surface area (Å²) < 4.78 is 5.98. The van der Waals surface area contributed by atoms with E-state index in [1.54, 1.807) is 17.0 Å². The Kier molecular flexibility index (Phi) is 3.58. The molecule has 8 heteroatoms. The lowest BCUT2D eigenvalue weighted by molar-refractivity contribution is -0.117. The van der Waals surface area contributed by atoms with Crippen LogP contribution in [0.4, 0.5) is 5.82 Å². The van der Waals surface area contributed by atoms with Crippen molar-refractivity contribution in [3.63, 3.8) is 0 Å². The van der Waals surface area contributed by atoms with E-state index in [1.807, 2.05) is 18.2 Å². The topological polar surface area (TPSA) is 88.3 Å². The van der Waals surface area contributed by atoms with Gasteiger partial charge in [-0.1, -0.05) is 21.1 Å². The predicted molar refractivity (Wildman–Crippen MR) is 101 cm³/mol. The Balaban J connectivity index is 1.35. The van der Waals surface area contributed by atoms with Crippen LogP contribution in [0.25, 0.3) is 11.1 Å². The number of pyridine rings is 1. The molecule has 1 aromatic carbocycles. The van der Waals surface area contributed by atoms with E-state index >= 15 is 0 Å². The number of anilines is 1. The van der Waals surface area contributed by atoms with Crippen LogP contribution >= 0.6 is 15.9 Å². The maximum atomic E-state index is 12.9. The van der Waals surface area contributed by atoms with E-state index in [4.69, 9.17) is 4.52 Å². The second-order valence-electron chi connectivity index (χ2n) is 7.09. The number of halogens is 1. The molecule has 0 unspecified atom stereocenters. The van der Waals surface area contributed by atoms with Crippen LogP contribution in [0.1, 0.15) is 28.8 Å². The number of amides is 2. The van der Waals surface area contributed by atoms with Gasteiger partial charge in [-0.15, -0.1) is 0 Å². The minimum absolute atomic E-state index is 0.000554. The second kappa shape index (κ2) is 5.88. The molecule has 0 saturated heterocycles. The van der Waals surface area contributed by atoms with Crippen LogP contribution in [-0.2, 0) is 10.2 Å². The number of hydrogen-bond donors (Lipinski definition) is 1. The number of carbonyl (C=O) groups excluding carboxylic acids is 2. The average Bonchev–Trinajstić information content (AvgIpc) is 3.26. The van der Waals surface area contributed by atoms with E-state index in [-0.39, 0.29) is 23.8 Å². The van der Waals surface area contributed by atoms with Crippen LogP contribution in [-0.4, -0.2) is 39.9 Å². The molecule has 1 spiro atoms. The lowest BCUT2D eigenvalue weighted by Crippen LogP contribution is -2.46. The number of fused-ring (bicyclic) bond motifs is 3. The van der Waals surface area contributed by atoms with E-state index < -0.39 is 0 Å². The highest BCUT2D eigenvalue weighted by Gasteiger charge is 2.51. The first-order chi connectivity index (χ1) is 13.0. The van der Waals surface area contributed by atoms with Gasteiger partial charge in [0.2, 0.25) is 5.91 Å². The highest BCUT2D eigenvalue weighted by Crippen LogP contribution is 2.52. The van der Waals surface area contributed by atoms with Gasteiger partial charge in [0.05, 0.1) is 6.20 Å². The van der Waals surface area contributed by atoms with Crippen molar-refractivity contribution in [3.8, 4) is 0 Å². The molecule has 0 bridgehead atoms. The van der Waals surface area contributed by atoms with Crippen LogP contribution in [0.15, 0.2) is 45.5 Å². The molecule has 7 nitrogen and oxygen atoms in total. The SMILES string of the molecule is O=C(CN1CC2(CC2)c2cc(Br)ccc2C1=O)Nc1ccc2oncc2n1. The maximum Gasteiger partial charge on any atom is 0.254 e. The average molecular weight is 427 g/mol. The summed E-state index contributed by atoms with van der Waals surface area (Å²) in [5, 5.41) is 6.42. The molecule has 27 heavy (non-hydrogen) atoms. The summed E-state index contributed by atoms with van der Waals surface area (Å²) in [6, 6.07) is 9.10. The molecular formula is C19H15BrN4O3. The van der Waals surface area contributed by atoms with Crippen LogP contribution in [0.5, 0.6) is 0 Å². The molecule has 5 rings (SSSR count). The summed E-state index contributed by atoms with van der Waals surface area (Å²) >= 11 is 3.49. The van der Waals surface area contributed by atoms with Gasteiger partial charge in [-0.25, -0.2) is 4.98 Å². The summed E-state index contributed by atoms with van der Waals surface area (Å²) in [5.41, 5.74) is 2.90. The van der Waals surface area contributed by atoms with Crippen molar-refractivity contribution >= 4 is 44.7 Å². The lowest BCUT2D eigenvalue weighted by atomic mass is 9.86. The Bertz CT molecular complexity index is 1090. The number of rotatable bonds is 3. The first kappa shape index (κ1) is 16.4. The monoisotopic (exact) mass is 426 g/mol. The summed E-state index contributed by atoms with van der Waals surface area (Å²) in [6.45, 7) is 0.570. The molecule has 3 aromatic rings. The largest absolute Gasteiger partial charge is 0.355 e. The van der Waals surface area contributed by atoms with Gasteiger partial charge >= 0.3 is 0 Å². The number of benzene rings is 1. The van der Waals surface area contributed by atoms with Gasteiger partial charge in [0.25, 0.3) is 5.91 Å². The van der Waals surface area contributed by atoms with Gasteiger partial charge in [0, 0.05) is 22.0 Å². The predicted octanol–water partition coefficient (Wildman–Crippen LogP) is 3.11. The highest BCUT2D eigenvalue weighted by atomic mass is 79.9. The smallest absolute Gasteiger partial charge is 0.254 e. The first-order valence-electron chi connectivity index (χ1n) is 8.65. The Labute approximate surface area is 162 Å². The minimum Gasteiger partial charge on any atom is -0.355 e. The van der Waals surface area contributed by atoms with Gasteiger partial charge in [-0.2, -0.15) is 0 Å². The quantitative estimate of drug-likeness (QED) is 0.694. The zero-order valence-electron chi connectivity index (χ0n) is 14.2. The highest BCUT2D eigenvalue weighted by molar-refractivity contribution is 9.10. The zero-order valence-corrected chi connectivity index (χ0v) is 15.8. The molecular weight excluding hydrogens is 412 g/mol. The van der Waals surface area contributed by atoms with E-state index in [0.29, 0.717) is 29.0 Å². The van der Waals surface area contributed by atoms with Gasteiger partial charge in [-0.05, 0) is 48.7 Å². The first-order valence-corrected chi connectivity index (χ1v) is 9.44. The van der Waals surface area contributed by atoms with Crippen molar-refractivity contribution in [2.45, 2.75) is 18.3 Å². The molecule has 2 aliphatic rings. The molecule has 1 aliphatic carbocycles. The summed E-state index contributed by atoms with van der Waals surface area (Å²) in [4.78, 5) is 31.3. The van der Waals surface area contributed by atoms with E-state index in [0.717, 1.165) is 22.9 Å². The molecule has 0 atom stereocenters. The third kappa shape index (κ3) is 2.80. The molecule has 2 aromatic heterocycles. The van der Waals surface area contributed by atoms with E-state index in [1.165, 1.54) is 6.20 Å². The standard InChI is InChI=1S/C19H15BrN4O3/c20-11-1-2-12-13(7-11)19(5-6-19)10-24(18(12)26)9-17(25)23-16-4-3-15-14(22-16)8-21-27-15/h1-4,7-8H,5-6,9-10H2,(H,22,23,25). The van der Waals surface area contributed by atoms with Gasteiger partial charge in [0.1, 0.15) is 17.9 Å². The van der Waals surface area contributed by atoms with Crippen LogP contribution in [0.2, 0.25) is 0 Å². The molecule has 1 saturated carbocycles. The second-order valence-corrected chi connectivity index (χ2v) is 8.00. The molecule has 2 amide bonds. The van der Waals surface area contributed by atoms with Gasteiger partial charge in [-0.3, -0.25) is 9.59 Å². The summed E-state index contributed by atoms with van der Waals surface area (Å²) in [7, 11) is 0. The number of aromatic nitrogens is 2.